The Hall–Kier alpha value is -1.61. The molecule has 3 nitrogen and oxygen atoms in total. The van der Waals surface area contributed by atoms with Gasteiger partial charge in [0.25, 0.3) is 0 Å². The van der Waals surface area contributed by atoms with Crippen LogP contribution in [0.3, 0.4) is 0 Å². The lowest BCUT2D eigenvalue weighted by Crippen LogP contribution is -2.40. The number of benzene rings is 1. The van der Waals surface area contributed by atoms with Gasteiger partial charge in [-0.05, 0) is 12.0 Å². The van der Waals surface area contributed by atoms with E-state index in [1.165, 1.54) is 7.11 Å². The number of hydrogen-bond donors (Lipinski definition) is 0. The molecule has 1 aromatic rings. The summed E-state index contributed by atoms with van der Waals surface area (Å²) < 4.78 is 10.5. The number of rotatable bonds is 4. The topological polar surface area (TPSA) is 35.5 Å². The second-order valence-corrected chi connectivity index (χ2v) is 4.67. The van der Waals surface area contributed by atoms with Crippen molar-refractivity contribution in [3.05, 3.63) is 48.6 Å². The third kappa shape index (κ3) is 2.18. The normalized spacial score (nSPS) is 26.8. The molecule has 0 spiro atoms. The smallest absolute Gasteiger partial charge is 0.315 e. The van der Waals surface area contributed by atoms with Gasteiger partial charge in [0, 0.05) is 5.92 Å². The molecule has 2 atom stereocenters. The van der Waals surface area contributed by atoms with E-state index >= 15 is 0 Å². The zero-order chi connectivity index (χ0) is 13.0. The van der Waals surface area contributed by atoms with Gasteiger partial charge in [-0.3, -0.25) is 4.79 Å². The Morgan fingerprint density at radius 1 is 1.56 bits per heavy atom. The van der Waals surface area contributed by atoms with Crippen molar-refractivity contribution < 1.29 is 14.3 Å². The van der Waals surface area contributed by atoms with Gasteiger partial charge in [-0.1, -0.05) is 36.4 Å². The number of carbonyl (C=O) groups excluding carboxylic acids is 1. The molecule has 96 valence electrons. The van der Waals surface area contributed by atoms with Gasteiger partial charge in [0.2, 0.25) is 0 Å². The van der Waals surface area contributed by atoms with Crippen molar-refractivity contribution in [2.24, 2.45) is 11.3 Å². The van der Waals surface area contributed by atoms with Crippen LogP contribution in [0.1, 0.15) is 5.56 Å². The highest BCUT2D eigenvalue weighted by Gasteiger charge is 2.49. The molecule has 1 fully saturated rings. The monoisotopic (exact) mass is 246 g/mol. The molecule has 1 saturated heterocycles. The SMILES string of the molecule is C=C[C@H]1COC[C@]1(Cc1ccccc1)C(=O)OC. The molecule has 0 aliphatic carbocycles. The molecule has 3 heteroatoms. The van der Waals surface area contributed by atoms with Crippen molar-refractivity contribution in [1.29, 1.82) is 0 Å². The third-order valence-corrected chi connectivity index (χ3v) is 3.61. The summed E-state index contributed by atoms with van der Waals surface area (Å²) in [5, 5.41) is 0. The van der Waals surface area contributed by atoms with Gasteiger partial charge in [-0.15, -0.1) is 6.58 Å². The maximum Gasteiger partial charge on any atom is 0.315 e. The van der Waals surface area contributed by atoms with E-state index in [9.17, 15) is 4.79 Å². The predicted molar refractivity (Wildman–Crippen MR) is 69.1 cm³/mol. The number of ether oxygens (including phenoxy) is 2. The van der Waals surface area contributed by atoms with Crippen molar-refractivity contribution in [3.63, 3.8) is 0 Å². The number of methoxy groups -OCH3 is 1. The van der Waals surface area contributed by atoms with E-state index in [2.05, 4.69) is 6.58 Å². The maximum absolute atomic E-state index is 12.2. The van der Waals surface area contributed by atoms with Crippen LogP contribution < -0.4 is 0 Å². The van der Waals surface area contributed by atoms with Gasteiger partial charge in [0.05, 0.1) is 20.3 Å². The molecule has 1 heterocycles. The average Bonchev–Trinajstić information content (AvgIpc) is 2.83. The quantitative estimate of drug-likeness (QED) is 0.603. The molecule has 1 aromatic carbocycles. The number of carbonyl (C=O) groups is 1. The summed E-state index contributed by atoms with van der Waals surface area (Å²) >= 11 is 0. The fourth-order valence-electron chi connectivity index (χ4n) is 2.56. The van der Waals surface area contributed by atoms with E-state index in [0.29, 0.717) is 19.6 Å². The Morgan fingerprint density at radius 3 is 2.89 bits per heavy atom. The van der Waals surface area contributed by atoms with E-state index in [0.717, 1.165) is 5.56 Å². The molecule has 1 aliphatic heterocycles. The van der Waals surface area contributed by atoms with Gasteiger partial charge in [-0.2, -0.15) is 0 Å². The van der Waals surface area contributed by atoms with E-state index in [4.69, 9.17) is 9.47 Å². The summed E-state index contributed by atoms with van der Waals surface area (Å²) in [4.78, 5) is 12.2. The molecule has 0 radical (unpaired) electrons. The zero-order valence-corrected chi connectivity index (χ0v) is 10.6. The van der Waals surface area contributed by atoms with Crippen LogP contribution >= 0.6 is 0 Å². The molecule has 0 bridgehead atoms. The van der Waals surface area contributed by atoms with Crippen LogP contribution in [0.25, 0.3) is 0 Å². The Kier molecular flexibility index (Phi) is 3.82. The molecule has 2 rings (SSSR count). The largest absolute Gasteiger partial charge is 0.468 e. The summed E-state index contributed by atoms with van der Waals surface area (Å²) in [5.41, 5.74) is 0.484. The molecule has 0 amide bonds. The Morgan fingerprint density at radius 2 is 2.28 bits per heavy atom. The van der Waals surface area contributed by atoms with Crippen LogP contribution in [0.2, 0.25) is 0 Å². The standard InChI is InChI=1S/C15H18O3/c1-3-13-10-18-11-15(13,14(16)17-2)9-12-7-5-4-6-8-12/h3-8,13H,1,9-11H2,2H3/t13-,15-/m0/s1. The minimum atomic E-state index is -0.627. The number of esters is 1. The van der Waals surface area contributed by atoms with Crippen LogP contribution in [0, 0.1) is 11.3 Å². The minimum Gasteiger partial charge on any atom is -0.468 e. The van der Waals surface area contributed by atoms with Crippen molar-refractivity contribution in [1.82, 2.24) is 0 Å². The summed E-state index contributed by atoms with van der Waals surface area (Å²) in [5.74, 6) is -0.209. The second kappa shape index (κ2) is 5.36. The van der Waals surface area contributed by atoms with Crippen molar-refractivity contribution >= 4 is 5.97 Å². The van der Waals surface area contributed by atoms with Crippen LogP contribution in [-0.2, 0) is 20.7 Å². The van der Waals surface area contributed by atoms with Crippen molar-refractivity contribution in [3.8, 4) is 0 Å². The molecular weight excluding hydrogens is 228 g/mol. The van der Waals surface area contributed by atoms with Gasteiger partial charge in [0.1, 0.15) is 5.41 Å². The fraction of sp³-hybridized carbons (Fsp3) is 0.400. The molecule has 0 aromatic heterocycles. The zero-order valence-electron chi connectivity index (χ0n) is 10.6. The fourth-order valence-corrected chi connectivity index (χ4v) is 2.56. The Labute approximate surface area is 107 Å². The highest BCUT2D eigenvalue weighted by atomic mass is 16.5. The molecule has 18 heavy (non-hydrogen) atoms. The Balaban J connectivity index is 2.31. The first kappa shape index (κ1) is 12.8. The van der Waals surface area contributed by atoms with Crippen LogP contribution in [-0.4, -0.2) is 26.3 Å². The highest BCUT2D eigenvalue weighted by molar-refractivity contribution is 5.78. The third-order valence-electron chi connectivity index (χ3n) is 3.61. The second-order valence-electron chi connectivity index (χ2n) is 4.67. The summed E-state index contributed by atoms with van der Waals surface area (Å²) in [6, 6.07) is 9.94. The lowest BCUT2D eigenvalue weighted by molar-refractivity contribution is -0.154. The van der Waals surface area contributed by atoms with Crippen LogP contribution in [0.15, 0.2) is 43.0 Å². The van der Waals surface area contributed by atoms with E-state index in [1.54, 1.807) is 6.08 Å². The maximum atomic E-state index is 12.2. The first-order valence-electron chi connectivity index (χ1n) is 6.05. The summed E-state index contributed by atoms with van der Waals surface area (Å²) in [6.07, 6.45) is 2.42. The summed E-state index contributed by atoms with van der Waals surface area (Å²) in [7, 11) is 1.42. The van der Waals surface area contributed by atoms with E-state index in [-0.39, 0.29) is 11.9 Å². The van der Waals surface area contributed by atoms with E-state index in [1.807, 2.05) is 30.3 Å². The van der Waals surface area contributed by atoms with Crippen LogP contribution in [0.4, 0.5) is 0 Å². The lowest BCUT2D eigenvalue weighted by Gasteiger charge is -2.29. The Bertz CT molecular complexity index is 427. The molecular formula is C15H18O3. The minimum absolute atomic E-state index is 0.00477. The molecule has 0 saturated carbocycles. The van der Waals surface area contributed by atoms with Crippen molar-refractivity contribution in [2.45, 2.75) is 6.42 Å². The molecule has 0 unspecified atom stereocenters. The summed E-state index contributed by atoms with van der Waals surface area (Å²) in [6.45, 7) is 4.74. The van der Waals surface area contributed by atoms with Gasteiger partial charge in [0.15, 0.2) is 0 Å². The van der Waals surface area contributed by atoms with Crippen molar-refractivity contribution in [2.75, 3.05) is 20.3 Å². The predicted octanol–water partition coefficient (Wildman–Crippen LogP) is 2.22. The van der Waals surface area contributed by atoms with Gasteiger partial charge in [-0.25, -0.2) is 0 Å². The highest BCUT2D eigenvalue weighted by Crippen LogP contribution is 2.39. The molecule has 0 N–H and O–H groups in total. The first-order chi connectivity index (χ1) is 8.73. The molecule has 1 aliphatic rings. The van der Waals surface area contributed by atoms with Gasteiger partial charge >= 0.3 is 5.97 Å². The average molecular weight is 246 g/mol. The number of hydrogen-bond acceptors (Lipinski definition) is 3. The van der Waals surface area contributed by atoms with Crippen LogP contribution in [0.5, 0.6) is 0 Å². The lowest BCUT2D eigenvalue weighted by atomic mass is 9.73. The van der Waals surface area contributed by atoms with E-state index < -0.39 is 5.41 Å². The first-order valence-corrected chi connectivity index (χ1v) is 6.05. The van der Waals surface area contributed by atoms with Gasteiger partial charge < -0.3 is 9.47 Å².